The minimum Gasteiger partial charge on any atom is -0.484 e. The van der Waals surface area contributed by atoms with E-state index in [-0.39, 0.29) is 18.3 Å². The summed E-state index contributed by atoms with van der Waals surface area (Å²) in [6, 6.07) is 3.31. The lowest BCUT2D eigenvalue weighted by Gasteiger charge is -2.09. The number of ether oxygens (including phenoxy) is 1. The summed E-state index contributed by atoms with van der Waals surface area (Å²) in [6.45, 7) is 4.10. The van der Waals surface area contributed by atoms with E-state index in [9.17, 15) is 19.7 Å². The van der Waals surface area contributed by atoms with Crippen LogP contribution in [0.3, 0.4) is 0 Å². The van der Waals surface area contributed by atoms with Crippen molar-refractivity contribution in [3.05, 3.63) is 33.9 Å². The van der Waals surface area contributed by atoms with Crippen LogP contribution in [0.2, 0.25) is 0 Å². The molecule has 0 aromatic heterocycles. The fourth-order valence-electron chi connectivity index (χ4n) is 1.45. The molecule has 0 aliphatic heterocycles. The third kappa shape index (κ3) is 5.09. The van der Waals surface area contributed by atoms with Gasteiger partial charge in [0.25, 0.3) is 11.6 Å². The SMILES string of the molecule is CC(C)CNC(=O)COc1ccc([N+](=O)[O-])c(C(=O)O)c1. The molecule has 0 radical (unpaired) electrons. The highest BCUT2D eigenvalue weighted by atomic mass is 16.6. The smallest absolute Gasteiger partial charge is 0.342 e. The van der Waals surface area contributed by atoms with E-state index in [2.05, 4.69) is 5.32 Å². The number of carbonyl (C=O) groups is 2. The molecule has 0 aliphatic rings. The molecule has 1 aromatic carbocycles. The number of nitro groups is 1. The Morgan fingerprint density at radius 2 is 2.10 bits per heavy atom. The van der Waals surface area contributed by atoms with Crippen molar-refractivity contribution in [2.75, 3.05) is 13.2 Å². The van der Waals surface area contributed by atoms with Gasteiger partial charge in [0, 0.05) is 18.7 Å². The number of carboxylic acids is 1. The van der Waals surface area contributed by atoms with Crippen molar-refractivity contribution in [1.82, 2.24) is 5.32 Å². The highest BCUT2D eigenvalue weighted by Gasteiger charge is 2.20. The van der Waals surface area contributed by atoms with Crippen molar-refractivity contribution in [3.63, 3.8) is 0 Å². The zero-order chi connectivity index (χ0) is 16.0. The van der Waals surface area contributed by atoms with E-state index in [1.54, 1.807) is 0 Å². The molecule has 0 bridgehead atoms. The lowest BCUT2D eigenvalue weighted by molar-refractivity contribution is -0.385. The molecule has 21 heavy (non-hydrogen) atoms. The van der Waals surface area contributed by atoms with E-state index >= 15 is 0 Å². The van der Waals surface area contributed by atoms with Crippen molar-refractivity contribution in [3.8, 4) is 5.75 Å². The number of aromatic carboxylic acids is 1. The number of amides is 1. The maximum Gasteiger partial charge on any atom is 0.342 e. The van der Waals surface area contributed by atoms with Crippen LogP contribution in [0.4, 0.5) is 5.69 Å². The lowest BCUT2D eigenvalue weighted by atomic mass is 10.1. The van der Waals surface area contributed by atoms with E-state index in [1.165, 1.54) is 6.07 Å². The third-order valence-electron chi connectivity index (χ3n) is 2.47. The average Bonchev–Trinajstić information content (AvgIpc) is 2.42. The summed E-state index contributed by atoms with van der Waals surface area (Å²) >= 11 is 0. The molecule has 0 aliphatic carbocycles. The van der Waals surface area contributed by atoms with Gasteiger partial charge in [-0.05, 0) is 12.0 Å². The number of nitrogens with one attached hydrogen (secondary N) is 1. The number of nitrogens with zero attached hydrogens (tertiary/aromatic N) is 1. The summed E-state index contributed by atoms with van der Waals surface area (Å²) in [4.78, 5) is 32.3. The predicted molar refractivity (Wildman–Crippen MR) is 73.4 cm³/mol. The first-order valence-corrected chi connectivity index (χ1v) is 6.22. The Kier molecular flexibility index (Phi) is 5.65. The summed E-state index contributed by atoms with van der Waals surface area (Å²) in [7, 11) is 0. The lowest BCUT2D eigenvalue weighted by Crippen LogP contribution is -2.31. The molecular weight excluding hydrogens is 280 g/mol. The molecule has 1 amide bonds. The highest BCUT2D eigenvalue weighted by molar-refractivity contribution is 5.92. The van der Waals surface area contributed by atoms with Crippen LogP contribution in [0.15, 0.2) is 18.2 Å². The summed E-state index contributed by atoms with van der Waals surface area (Å²) in [5, 5.41) is 22.2. The first kappa shape index (κ1) is 16.4. The van der Waals surface area contributed by atoms with Crippen molar-refractivity contribution >= 4 is 17.6 Å². The second-order valence-electron chi connectivity index (χ2n) is 4.73. The third-order valence-corrected chi connectivity index (χ3v) is 2.47. The van der Waals surface area contributed by atoms with Crippen LogP contribution in [-0.2, 0) is 4.79 Å². The van der Waals surface area contributed by atoms with Gasteiger partial charge in [-0.25, -0.2) is 4.79 Å². The second-order valence-corrected chi connectivity index (χ2v) is 4.73. The maximum absolute atomic E-state index is 11.5. The molecule has 0 atom stereocenters. The number of hydrogen-bond donors (Lipinski definition) is 2. The highest BCUT2D eigenvalue weighted by Crippen LogP contribution is 2.24. The molecule has 2 N–H and O–H groups in total. The summed E-state index contributed by atoms with van der Waals surface area (Å²) in [5.41, 5.74) is -1.01. The Labute approximate surface area is 120 Å². The van der Waals surface area contributed by atoms with Crippen molar-refractivity contribution in [1.29, 1.82) is 0 Å². The topological polar surface area (TPSA) is 119 Å². The van der Waals surface area contributed by atoms with Crippen LogP contribution >= 0.6 is 0 Å². The van der Waals surface area contributed by atoms with Gasteiger partial charge in [0.2, 0.25) is 0 Å². The van der Waals surface area contributed by atoms with Gasteiger partial charge in [-0.1, -0.05) is 13.8 Å². The average molecular weight is 296 g/mol. The van der Waals surface area contributed by atoms with Crippen LogP contribution in [0.5, 0.6) is 5.75 Å². The molecule has 1 rings (SSSR count). The van der Waals surface area contributed by atoms with Gasteiger partial charge in [0.05, 0.1) is 4.92 Å². The minimum atomic E-state index is -1.43. The van der Waals surface area contributed by atoms with Gasteiger partial charge in [-0.3, -0.25) is 14.9 Å². The van der Waals surface area contributed by atoms with Gasteiger partial charge < -0.3 is 15.2 Å². The first-order chi connectivity index (χ1) is 9.81. The van der Waals surface area contributed by atoms with Gasteiger partial charge in [-0.15, -0.1) is 0 Å². The zero-order valence-electron chi connectivity index (χ0n) is 11.7. The molecular formula is C13H16N2O6. The van der Waals surface area contributed by atoms with Gasteiger partial charge in [0.15, 0.2) is 6.61 Å². The van der Waals surface area contributed by atoms with E-state index in [0.717, 1.165) is 12.1 Å². The number of benzene rings is 1. The van der Waals surface area contributed by atoms with E-state index < -0.39 is 22.1 Å². The standard InChI is InChI=1S/C13H16N2O6/c1-8(2)6-14-12(16)7-21-9-3-4-11(15(19)20)10(5-9)13(17)18/h3-5,8H,6-7H2,1-2H3,(H,14,16)(H,17,18). The zero-order valence-corrected chi connectivity index (χ0v) is 11.7. The number of nitro benzene ring substituents is 1. The van der Waals surface area contributed by atoms with Crippen LogP contribution in [0.25, 0.3) is 0 Å². The Bertz CT molecular complexity index is 556. The van der Waals surface area contributed by atoms with Crippen LogP contribution in [0, 0.1) is 16.0 Å². The van der Waals surface area contributed by atoms with Gasteiger partial charge in [-0.2, -0.15) is 0 Å². The second kappa shape index (κ2) is 7.22. The Hall–Kier alpha value is -2.64. The minimum absolute atomic E-state index is 0.0812. The van der Waals surface area contributed by atoms with E-state index in [1.807, 2.05) is 13.8 Å². The van der Waals surface area contributed by atoms with Crippen molar-refractivity contribution in [2.45, 2.75) is 13.8 Å². The summed E-state index contributed by atoms with van der Waals surface area (Å²) in [5.74, 6) is -1.40. The first-order valence-electron chi connectivity index (χ1n) is 6.22. The Morgan fingerprint density at radius 1 is 1.43 bits per heavy atom. The van der Waals surface area contributed by atoms with Crippen LogP contribution < -0.4 is 10.1 Å². The molecule has 8 heteroatoms. The van der Waals surface area contributed by atoms with Crippen LogP contribution in [-0.4, -0.2) is 35.1 Å². The largest absolute Gasteiger partial charge is 0.484 e. The monoisotopic (exact) mass is 296 g/mol. The van der Waals surface area contributed by atoms with E-state index in [0.29, 0.717) is 12.5 Å². The molecule has 0 fully saturated rings. The molecule has 0 spiro atoms. The number of carboxylic acid groups (broad SMARTS) is 1. The predicted octanol–water partition coefficient (Wildman–Crippen LogP) is 1.44. The van der Waals surface area contributed by atoms with E-state index in [4.69, 9.17) is 9.84 Å². The number of hydrogen-bond acceptors (Lipinski definition) is 5. The quantitative estimate of drug-likeness (QED) is 0.580. The molecule has 1 aromatic rings. The van der Waals surface area contributed by atoms with Crippen molar-refractivity contribution in [2.24, 2.45) is 5.92 Å². The Balaban J connectivity index is 2.72. The molecule has 114 valence electrons. The molecule has 0 saturated heterocycles. The Morgan fingerprint density at radius 3 is 2.62 bits per heavy atom. The molecule has 0 saturated carbocycles. The van der Waals surface area contributed by atoms with Gasteiger partial charge in [0.1, 0.15) is 11.3 Å². The molecule has 8 nitrogen and oxygen atoms in total. The molecule has 0 heterocycles. The van der Waals surface area contributed by atoms with Crippen molar-refractivity contribution < 1.29 is 24.4 Å². The van der Waals surface area contributed by atoms with Crippen LogP contribution in [0.1, 0.15) is 24.2 Å². The summed E-state index contributed by atoms with van der Waals surface area (Å²) in [6.07, 6.45) is 0. The maximum atomic E-state index is 11.5. The van der Waals surface area contributed by atoms with Gasteiger partial charge >= 0.3 is 5.97 Å². The normalized spacial score (nSPS) is 10.2. The molecule has 0 unspecified atom stereocenters. The number of rotatable bonds is 7. The summed E-state index contributed by atoms with van der Waals surface area (Å²) < 4.78 is 5.13. The number of carbonyl (C=O) groups excluding carboxylic acids is 1. The fourth-order valence-corrected chi connectivity index (χ4v) is 1.45. The fraction of sp³-hybridized carbons (Fsp3) is 0.385.